The zero-order chi connectivity index (χ0) is 9.40. The molecule has 1 rings (SSSR count). The van der Waals surface area contributed by atoms with E-state index in [0.29, 0.717) is 0 Å². The van der Waals surface area contributed by atoms with Gasteiger partial charge in [0.2, 0.25) is 0 Å². The van der Waals surface area contributed by atoms with Crippen molar-refractivity contribution in [2.24, 2.45) is 0 Å². The Kier molecular flexibility index (Phi) is 7.11. The molecule has 0 aliphatic carbocycles. The van der Waals surface area contributed by atoms with Crippen LogP contribution in [0, 0.1) is 0 Å². The lowest BCUT2D eigenvalue weighted by molar-refractivity contribution is 0.142. The molecule has 2 heteroatoms. The lowest BCUT2D eigenvalue weighted by Gasteiger charge is -2.33. The van der Waals surface area contributed by atoms with E-state index in [2.05, 4.69) is 36.8 Å². The van der Waals surface area contributed by atoms with Gasteiger partial charge in [0.1, 0.15) is 0 Å². The van der Waals surface area contributed by atoms with Crippen LogP contribution in [0.4, 0.5) is 0 Å². The van der Waals surface area contributed by atoms with Gasteiger partial charge in [0, 0.05) is 26.2 Å². The maximum Gasteiger partial charge on any atom is 0.0110 e. The van der Waals surface area contributed by atoms with Crippen LogP contribution >= 0.6 is 0 Å². The molecule has 0 amide bonds. The Morgan fingerprint density at radius 1 is 0.833 bits per heavy atom. The van der Waals surface area contributed by atoms with Gasteiger partial charge in [-0.15, -0.1) is 13.2 Å². The van der Waals surface area contributed by atoms with E-state index in [1.165, 1.54) is 39.3 Å². The molecular weight excluding hydrogens is 148 g/mol. The Balaban J connectivity index is 0.000000561. The van der Waals surface area contributed by atoms with Crippen molar-refractivity contribution in [2.75, 3.05) is 39.3 Å². The fourth-order valence-electron chi connectivity index (χ4n) is 1.42. The number of nitrogens with zero attached hydrogens (tertiary/aromatic N) is 2. The highest BCUT2D eigenvalue weighted by Gasteiger charge is 2.12. The predicted octanol–water partition coefficient (Wildman–Crippen LogP) is 1.45. The molecule has 0 aromatic heterocycles. The van der Waals surface area contributed by atoms with Gasteiger partial charge in [-0.3, -0.25) is 0 Å². The van der Waals surface area contributed by atoms with Crippen LogP contribution in [-0.2, 0) is 0 Å². The van der Waals surface area contributed by atoms with E-state index in [1.807, 2.05) is 0 Å². The largest absolute Gasteiger partial charge is 0.301 e. The Morgan fingerprint density at radius 2 is 1.08 bits per heavy atom. The van der Waals surface area contributed by atoms with E-state index in [1.54, 1.807) is 0 Å². The number of piperazine rings is 1. The Morgan fingerprint density at radius 3 is 1.25 bits per heavy atom. The van der Waals surface area contributed by atoms with Gasteiger partial charge in [-0.2, -0.15) is 0 Å². The first-order valence-corrected chi connectivity index (χ1v) is 4.81. The Hall–Kier alpha value is -0.340. The number of rotatable bonds is 2. The van der Waals surface area contributed by atoms with Crippen LogP contribution in [0.25, 0.3) is 0 Å². The molecule has 0 radical (unpaired) electrons. The molecule has 2 nitrogen and oxygen atoms in total. The van der Waals surface area contributed by atoms with Crippen LogP contribution in [0.3, 0.4) is 0 Å². The fraction of sp³-hybridized carbons (Fsp3) is 0.800. The summed E-state index contributed by atoms with van der Waals surface area (Å²) < 4.78 is 0. The smallest absolute Gasteiger partial charge is 0.0110 e. The average Bonchev–Trinajstić information content (AvgIpc) is 2.21. The third-order valence-corrected chi connectivity index (χ3v) is 2.36. The molecule has 0 spiro atoms. The molecule has 12 heavy (non-hydrogen) atoms. The van der Waals surface area contributed by atoms with Crippen molar-refractivity contribution >= 4 is 0 Å². The van der Waals surface area contributed by atoms with Gasteiger partial charge in [-0.05, 0) is 13.1 Å². The number of likely N-dealkylation sites (N-methyl/N-ethyl adjacent to an activating group) is 2. The minimum absolute atomic E-state index is 1.22. The average molecular weight is 170 g/mol. The van der Waals surface area contributed by atoms with Gasteiger partial charge in [0.25, 0.3) is 0 Å². The van der Waals surface area contributed by atoms with E-state index in [9.17, 15) is 0 Å². The van der Waals surface area contributed by atoms with Crippen LogP contribution < -0.4 is 0 Å². The molecule has 0 aromatic rings. The summed E-state index contributed by atoms with van der Waals surface area (Å²) in [5, 5.41) is 0. The summed E-state index contributed by atoms with van der Waals surface area (Å²) >= 11 is 0. The molecule has 1 aliphatic rings. The van der Waals surface area contributed by atoms with Crippen LogP contribution in [0.1, 0.15) is 13.8 Å². The van der Waals surface area contributed by atoms with E-state index >= 15 is 0 Å². The lowest BCUT2D eigenvalue weighted by atomic mass is 10.3. The first-order chi connectivity index (χ1) is 5.86. The second-order valence-electron chi connectivity index (χ2n) is 2.87. The maximum absolute atomic E-state index is 3.00. The molecule has 1 fully saturated rings. The van der Waals surface area contributed by atoms with Crippen molar-refractivity contribution in [3.05, 3.63) is 13.2 Å². The van der Waals surface area contributed by atoms with Crippen LogP contribution in [0.5, 0.6) is 0 Å². The molecule has 0 unspecified atom stereocenters. The first kappa shape index (κ1) is 11.7. The zero-order valence-corrected chi connectivity index (χ0v) is 8.55. The van der Waals surface area contributed by atoms with Crippen molar-refractivity contribution in [1.29, 1.82) is 0 Å². The van der Waals surface area contributed by atoms with Crippen molar-refractivity contribution < 1.29 is 0 Å². The van der Waals surface area contributed by atoms with E-state index in [-0.39, 0.29) is 0 Å². The fourth-order valence-corrected chi connectivity index (χ4v) is 1.42. The highest BCUT2D eigenvalue weighted by atomic mass is 15.2. The van der Waals surface area contributed by atoms with Gasteiger partial charge < -0.3 is 9.80 Å². The van der Waals surface area contributed by atoms with Gasteiger partial charge >= 0.3 is 0 Å². The molecule has 0 N–H and O–H groups in total. The minimum Gasteiger partial charge on any atom is -0.301 e. The molecule has 0 aromatic carbocycles. The number of hydrogen-bond donors (Lipinski definition) is 0. The van der Waals surface area contributed by atoms with Gasteiger partial charge in [-0.25, -0.2) is 0 Å². The van der Waals surface area contributed by atoms with Crippen LogP contribution in [0.2, 0.25) is 0 Å². The highest BCUT2D eigenvalue weighted by Crippen LogP contribution is 1.99. The van der Waals surface area contributed by atoms with Crippen LogP contribution in [0.15, 0.2) is 13.2 Å². The second-order valence-corrected chi connectivity index (χ2v) is 2.87. The lowest BCUT2D eigenvalue weighted by Crippen LogP contribution is -2.45. The standard InChI is InChI=1S/C8H18N2.C2H4/c1-3-9-5-7-10(4-2)8-6-9;1-2/h3-8H2,1-2H3;1-2H2. The van der Waals surface area contributed by atoms with E-state index < -0.39 is 0 Å². The SMILES string of the molecule is C=C.CCN1CCN(CC)CC1. The third kappa shape index (κ3) is 3.88. The minimum atomic E-state index is 1.22. The second kappa shape index (κ2) is 7.32. The summed E-state index contributed by atoms with van der Waals surface area (Å²) in [4.78, 5) is 5.01. The van der Waals surface area contributed by atoms with Gasteiger partial charge in [0.15, 0.2) is 0 Å². The van der Waals surface area contributed by atoms with Crippen molar-refractivity contribution in [1.82, 2.24) is 9.80 Å². The van der Waals surface area contributed by atoms with Gasteiger partial charge in [0.05, 0.1) is 0 Å². The topological polar surface area (TPSA) is 6.48 Å². The van der Waals surface area contributed by atoms with Gasteiger partial charge in [-0.1, -0.05) is 13.8 Å². The summed E-state index contributed by atoms with van der Waals surface area (Å²) in [7, 11) is 0. The molecule has 1 aliphatic heterocycles. The van der Waals surface area contributed by atoms with Crippen molar-refractivity contribution in [2.45, 2.75) is 13.8 Å². The molecule has 1 heterocycles. The maximum atomic E-state index is 3.00. The van der Waals surface area contributed by atoms with Crippen molar-refractivity contribution in [3.63, 3.8) is 0 Å². The molecule has 1 saturated heterocycles. The summed E-state index contributed by atoms with van der Waals surface area (Å²) in [6.45, 7) is 18.0. The molecule has 0 bridgehead atoms. The molecule has 0 atom stereocenters. The highest BCUT2D eigenvalue weighted by molar-refractivity contribution is 4.69. The quantitative estimate of drug-likeness (QED) is 0.579. The first-order valence-electron chi connectivity index (χ1n) is 4.81. The Bertz CT molecular complexity index is 84.0. The monoisotopic (exact) mass is 170 g/mol. The van der Waals surface area contributed by atoms with E-state index in [4.69, 9.17) is 0 Å². The number of hydrogen-bond acceptors (Lipinski definition) is 2. The summed E-state index contributed by atoms with van der Waals surface area (Å²) in [5.41, 5.74) is 0. The third-order valence-electron chi connectivity index (χ3n) is 2.36. The summed E-state index contributed by atoms with van der Waals surface area (Å²) in [5.74, 6) is 0. The summed E-state index contributed by atoms with van der Waals surface area (Å²) in [6.07, 6.45) is 0. The summed E-state index contributed by atoms with van der Waals surface area (Å²) in [6, 6.07) is 0. The molecule has 0 saturated carbocycles. The molecular formula is C10H22N2. The zero-order valence-electron chi connectivity index (χ0n) is 8.55. The van der Waals surface area contributed by atoms with Crippen molar-refractivity contribution in [3.8, 4) is 0 Å². The predicted molar refractivity (Wildman–Crippen MR) is 55.5 cm³/mol. The van der Waals surface area contributed by atoms with Crippen LogP contribution in [-0.4, -0.2) is 49.1 Å². The van der Waals surface area contributed by atoms with E-state index in [0.717, 1.165) is 0 Å². The Labute approximate surface area is 76.9 Å². The molecule has 72 valence electrons. The normalized spacial score (nSPS) is 19.8.